The van der Waals surface area contributed by atoms with Crippen molar-refractivity contribution >= 4 is 8.07 Å². The monoisotopic (exact) mass is 340 g/mol. The molecule has 1 rings (SSSR count). The van der Waals surface area contributed by atoms with E-state index >= 15 is 0 Å². The van der Waals surface area contributed by atoms with Crippen molar-refractivity contribution in [2.24, 2.45) is 5.92 Å². The van der Waals surface area contributed by atoms with Crippen LogP contribution < -0.4 is 0 Å². The Morgan fingerprint density at radius 2 is 1.83 bits per heavy atom. The van der Waals surface area contributed by atoms with E-state index in [1.807, 2.05) is 0 Å². The van der Waals surface area contributed by atoms with Crippen LogP contribution in [0.15, 0.2) is 11.3 Å². The van der Waals surface area contributed by atoms with Gasteiger partial charge in [-0.25, -0.2) is 0 Å². The first-order chi connectivity index (χ1) is 11.0. The average Bonchev–Trinajstić information content (AvgIpc) is 2.53. The summed E-state index contributed by atoms with van der Waals surface area (Å²) in [4.78, 5) is 0. The Bertz CT molecular complexity index is 327. The summed E-state index contributed by atoms with van der Waals surface area (Å²) in [5.41, 5.74) is 0. The fourth-order valence-corrected chi connectivity index (χ4v) is 5.32. The van der Waals surface area contributed by atoms with Gasteiger partial charge in [0.2, 0.25) is 0 Å². The normalized spacial score (nSPS) is 19.1. The van der Waals surface area contributed by atoms with Crippen molar-refractivity contribution in [1.82, 2.24) is 0 Å². The molecule has 0 aromatic heterocycles. The van der Waals surface area contributed by atoms with E-state index in [-0.39, 0.29) is 0 Å². The van der Waals surface area contributed by atoms with Crippen molar-refractivity contribution in [1.29, 1.82) is 0 Å². The molecule has 0 radical (unpaired) electrons. The minimum Gasteiger partial charge on any atom is -0.359 e. The molecule has 1 aliphatic rings. The van der Waals surface area contributed by atoms with E-state index in [4.69, 9.17) is 9.47 Å². The van der Waals surface area contributed by atoms with Crippen LogP contribution in [0, 0.1) is 5.92 Å². The molecule has 1 aliphatic carbocycles. The van der Waals surface area contributed by atoms with Gasteiger partial charge in [0.15, 0.2) is 0 Å². The molecule has 1 saturated carbocycles. The van der Waals surface area contributed by atoms with E-state index in [1.54, 1.807) is 12.3 Å². The quantitative estimate of drug-likeness (QED) is 0.248. The summed E-state index contributed by atoms with van der Waals surface area (Å²) in [6.45, 7) is 10.2. The molecule has 1 fully saturated rings. The van der Waals surface area contributed by atoms with Crippen molar-refractivity contribution in [2.45, 2.75) is 96.9 Å². The third kappa shape index (κ3) is 8.51. The van der Waals surface area contributed by atoms with Gasteiger partial charge in [0.05, 0.1) is 14.2 Å². The van der Waals surface area contributed by atoms with Crippen molar-refractivity contribution < 1.29 is 9.47 Å². The van der Waals surface area contributed by atoms with E-state index in [0.29, 0.717) is 12.9 Å². The summed E-state index contributed by atoms with van der Waals surface area (Å²) in [5.74, 6) is 0.730. The lowest BCUT2D eigenvalue weighted by Crippen LogP contribution is -2.28. The van der Waals surface area contributed by atoms with Gasteiger partial charge in [-0.3, -0.25) is 0 Å². The number of methoxy groups -OCH3 is 1. The molecule has 3 heteroatoms. The second-order valence-corrected chi connectivity index (χ2v) is 13.3. The van der Waals surface area contributed by atoms with Crippen LogP contribution >= 0.6 is 0 Å². The number of rotatable bonds is 11. The molecule has 0 aromatic rings. The van der Waals surface area contributed by atoms with Crippen LogP contribution in [0.25, 0.3) is 0 Å². The van der Waals surface area contributed by atoms with Crippen LogP contribution in [-0.4, -0.2) is 28.1 Å². The van der Waals surface area contributed by atoms with Crippen molar-refractivity contribution in [3.8, 4) is 0 Å². The summed E-state index contributed by atoms with van der Waals surface area (Å²) in [5, 5.41) is 1.74. The predicted octanol–water partition coefficient (Wildman–Crippen LogP) is 6.33. The van der Waals surface area contributed by atoms with E-state index in [1.165, 1.54) is 57.8 Å². The van der Waals surface area contributed by atoms with Gasteiger partial charge >= 0.3 is 0 Å². The molecule has 136 valence electrons. The van der Waals surface area contributed by atoms with E-state index < -0.39 is 8.07 Å². The highest BCUT2D eigenvalue weighted by Crippen LogP contribution is 2.31. The number of ether oxygens (including phenoxy) is 2. The molecule has 1 atom stereocenters. The molecule has 2 nitrogen and oxygen atoms in total. The van der Waals surface area contributed by atoms with Gasteiger partial charge in [-0.15, -0.1) is 0 Å². The van der Waals surface area contributed by atoms with Gasteiger partial charge < -0.3 is 9.47 Å². The first kappa shape index (κ1) is 20.9. The van der Waals surface area contributed by atoms with Crippen LogP contribution in [0.2, 0.25) is 19.6 Å². The van der Waals surface area contributed by atoms with Crippen molar-refractivity contribution in [2.75, 3.05) is 13.9 Å². The minimum atomic E-state index is -1.21. The van der Waals surface area contributed by atoms with Crippen LogP contribution in [0.5, 0.6) is 0 Å². The summed E-state index contributed by atoms with van der Waals surface area (Å²) in [7, 11) is 0.518. The van der Waals surface area contributed by atoms with Gasteiger partial charge in [-0.1, -0.05) is 69.9 Å². The Hall–Kier alpha value is -0.123. The fraction of sp³-hybridized carbons (Fsp3) is 0.900. The molecule has 0 bridgehead atoms. The van der Waals surface area contributed by atoms with Gasteiger partial charge in [-0.05, 0) is 38.0 Å². The molecule has 0 amide bonds. The number of hydrogen-bond acceptors (Lipinski definition) is 2. The smallest absolute Gasteiger partial charge is 0.146 e. The standard InChI is InChI=1S/C20H40O2Si/c1-6-7-9-14-19(23(3,4)5)15-16-20(22-17-21-2)18-12-10-8-11-13-18/h15,18,20H,6-14,16-17H2,1-5H3/b19-15-. The molecule has 23 heavy (non-hydrogen) atoms. The predicted molar refractivity (Wildman–Crippen MR) is 104 cm³/mol. The van der Waals surface area contributed by atoms with Crippen molar-refractivity contribution in [3.05, 3.63) is 11.3 Å². The SMILES string of the molecule is CCCCC/C(=C/CC(OCOC)C1CCCCC1)[Si](C)(C)C. The number of allylic oxidation sites excluding steroid dienone is 1. The van der Waals surface area contributed by atoms with Crippen molar-refractivity contribution in [3.63, 3.8) is 0 Å². The molecule has 0 N–H and O–H groups in total. The molecular formula is C20H40O2Si. The summed E-state index contributed by atoms with van der Waals surface area (Å²) < 4.78 is 11.3. The van der Waals surface area contributed by atoms with E-state index in [9.17, 15) is 0 Å². The third-order valence-corrected chi connectivity index (χ3v) is 7.57. The maximum absolute atomic E-state index is 6.07. The number of unbranched alkanes of at least 4 members (excludes halogenated alkanes) is 2. The zero-order chi connectivity index (χ0) is 17.1. The van der Waals surface area contributed by atoms with Gasteiger partial charge in [0, 0.05) is 7.11 Å². The second kappa shape index (κ2) is 11.4. The van der Waals surface area contributed by atoms with E-state index in [0.717, 1.165) is 12.3 Å². The van der Waals surface area contributed by atoms with Crippen LogP contribution in [0.1, 0.15) is 71.1 Å². The molecule has 0 aliphatic heterocycles. The summed E-state index contributed by atoms with van der Waals surface area (Å²) >= 11 is 0. The molecule has 1 unspecified atom stereocenters. The van der Waals surface area contributed by atoms with E-state index in [2.05, 4.69) is 32.6 Å². The van der Waals surface area contributed by atoms with Crippen LogP contribution in [-0.2, 0) is 9.47 Å². The Morgan fingerprint density at radius 1 is 1.13 bits per heavy atom. The first-order valence-corrected chi connectivity index (χ1v) is 13.3. The minimum absolute atomic E-state index is 0.354. The largest absolute Gasteiger partial charge is 0.359 e. The van der Waals surface area contributed by atoms with Crippen LogP contribution in [0.4, 0.5) is 0 Å². The Kier molecular flexibility index (Phi) is 10.4. The maximum atomic E-state index is 6.07. The zero-order valence-corrected chi connectivity index (χ0v) is 17.3. The molecular weight excluding hydrogens is 300 g/mol. The topological polar surface area (TPSA) is 18.5 Å². The first-order valence-electron chi connectivity index (χ1n) is 9.79. The maximum Gasteiger partial charge on any atom is 0.146 e. The highest BCUT2D eigenvalue weighted by Gasteiger charge is 2.25. The third-order valence-electron chi connectivity index (χ3n) is 5.19. The lowest BCUT2D eigenvalue weighted by molar-refractivity contribution is -0.0944. The highest BCUT2D eigenvalue weighted by molar-refractivity contribution is 6.83. The molecule has 0 aromatic carbocycles. The number of hydrogen-bond donors (Lipinski definition) is 0. The van der Waals surface area contributed by atoms with Gasteiger partial charge in [0.25, 0.3) is 0 Å². The zero-order valence-electron chi connectivity index (χ0n) is 16.3. The Morgan fingerprint density at radius 3 is 2.39 bits per heavy atom. The molecule has 0 spiro atoms. The Labute approximate surface area is 146 Å². The molecule has 0 heterocycles. The molecule has 0 saturated heterocycles. The lowest BCUT2D eigenvalue weighted by Gasteiger charge is -2.30. The fourth-order valence-electron chi connectivity index (χ4n) is 3.67. The van der Waals surface area contributed by atoms with Gasteiger partial charge in [0.1, 0.15) is 6.79 Å². The highest BCUT2D eigenvalue weighted by atomic mass is 28.3. The second-order valence-electron chi connectivity index (χ2n) is 8.18. The summed E-state index contributed by atoms with van der Waals surface area (Å²) in [6.07, 6.45) is 16.1. The Balaban J connectivity index is 2.68. The lowest BCUT2D eigenvalue weighted by atomic mass is 9.84. The summed E-state index contributed by atoms with van der Waals surface area (Å²) in [6, 6.07) is 0. The average molecular weight is 341 g/mol. The van der Waals surface area contributed by atoms with Crippen LogP contribution in [0.3, 0.4) is 0 Å². The van der Waals surface area contributed by atoms with Gasteiger partial charge in [-0.2, -0.15) is 0 Å².